The second-order valence-corrected chi connectivity index (χ2v) is 5.22. The third-order valence-electron chi connectivity index (χ3n) is 3.96. The van der Waals surface area contributed by atoms with Crippen LogP contribution in [0.5, 0.6) is 0 Å². The Bertz CT molecular complexity index is 429. The zero-order valence-corrected chi connectivity index (χ0v) is 12.0. The van der Waals surface area contributed by atoms with Gasteiger partial charge in [-0.15, -0.1) is 0 Å². The first kappa shape index (κ1) is 14.1. The molecule has 104 valence electrons. The molecular formula is C16H24N2O. The van der Waals surface area contributed by atoms with Crippen LogP contribution in [0.3, 0.4) is 0 Å². The van der Waals surface area contributed by atoms with Crippen LogP contribution in [-0.2, 0) is 6.42 Å². The molecule has 0 saturated carbocycles. The van der Waals surface area contributed by atoms with E-state index in [1.807, 2.05) is 25.2 Å². The summed E-state index contributed by atoms with van der Waals surface area (Å²) in [5.74, 6) is 0.206. The maximum Gasteiger partial charge on any atom is 0.254 e. The summed E-state index contributed by atoms with van der Waals surface area (Å²) >= 11 is 0. The Morgan fingerprint density at radius 2 is 2.16 bits per heavy atom. The summed E-state index contributed by atoms with van der Waals surface area (Å²) in [5, 5.41) is 3.21. The van der Waals surface area contributed by atoms with Gasteiger partial charge in [-0.05, 0) is 44.4 Å². The molecule has 1 saturated heterocycles. The summed E-state index contributed by atoms with van der Waals surface area (Å²) in [7, 11) is 1.96. The van der Waals surface area contributed by atoms with E-state index in [9.17, 15) is 4.79 Å². The molecule has 19 heavy (non-hydrogen) atoms. The molecule has 0 spiro atoms. The standard InChI is InChI=1S/C16H24N2O/c1-3-13-8-4-5-10-15(13)16(19)18-11-7-6-9-14(18)12-17-2/h4-5,8,10,14,17H,3,6-7,9,11-12H2,1-2H3. The number of nitrogens with one attached hydrogen (secondary N) is 1. The molecule has 1 aromatic carbocycles. The smallest absolute Gasteiger partial charge is 0.254 e. The van der Waals surface area contributed by atoms with Crippen molar-refractivity contribution in [3.8, 4) is 0 Å². The van der Waals surface area contributed by atoms with Crippen molar-refractivity contribution in [1.29, 1.82) is 0 Å². The molecule has 3 nitrogen and oxygen atoms in total. The van der Waals surface area contributed by atoms with Crippen molar-refractivity contribution in [1.82, 2.24) is 10.2 Å². The molecule has 1 atom stereocenters. The second-order valence-electron chi connectivity index (χ2n) is 5.22. The van der Waals surface area contributed by atoms with E-state index in [1.165, 1.54) is 6.42 Å². The third kappa shape index (κ3) is 3.16. The predicted molar refractivity (Wildman–Crippen MR) is 78.4 cm³/mol. The number of hydrogen-bond acceptors (Lipinski definition) is 2. The summed E-state index contributed by atoms with van der Waals surface area (Å²) < 4.78 is 0. The highest BCUT2D eigenvalue weighted by molar-refractivity contribution is 5.96. The number of benzene rings is 1. The van der Waals surface area contributed by atoms with Crippen molar-refractivity contribution < 1.29 is 4.79 Å². The van der Waals surface area contributed by atoms with Gasteiger partial charge >= 0.3 is 0 Å². The number of carbonyl (C=O) groups is 1. The van der Waals surface area contributed by atoms with E-state index in [-0.39, 0.29) is 5.91 Å². The number of piperidine rings is 1. The van der Waals surface area contributed by atoms with Crippen LogP contribution >= 0.6 is 0 Å². The average molecular weight is 260 g/mol. The van der Waals surface area contributed by atoms with Crippen LogP contribution in [0, 0.1) is 0 Å². The first-order chi connectivity index (χ1) is 9.27. The maximum atomic E-state index is 12.8. The van der Waals surface area contributed by atoms with Crippen LogP contribution in [0.4, 0.5) is 0 Å². The minimum Gasteiger partial charge on any atom is -0.334 e. The Labute approximate surface area is 116 Å². The predicted octanol–water partition coefficient (Wildman–Crippen LogP) is 2.46. The number of likely N-dealkylation sites (tertiary alicyclic amines) is 1. The summed E-state index contributed by atoms with van der Waals surface area (Å²) in [6, 6.07) is 8.34. The largest absolute Gasteiger partial charge is 0.334 e. The van der Waals surface area contributed by atoms with Gasteiger partial charge in [0.2, 0.25) is 0 Å². The van der Waals surface area contributed by atoms with Crippen molar-refractivity contribution in [3.63, 3.8) is 0 Å². The summed E-state index contributed by atoms with van der Waals surface area (Å²) in [6.45, 7) is 3.89. The highest BCUT2D eigenvalue weighted by Gasteiger charge is 2.27. The molecule has 1 aromatic rings. The van der Waals surface area contributed by atoms with Gasteiger partial charge in [-0.25, -0.2) is 0 Å². The van der Waals surface area contributed by atoms with Gasteiger partial charge < -0.3 is 10.2 Å². The zero-order valence-electron chi connectivity index (χ0n) is 12.0. The van der Waals surface area contributed by atoms with E-state index >= 15 is 0 Å². The summed E-state index contributed by atoms with van der Waals surface area (Å²) in [6.07, 6.45) is 4.37. The fourth-order valence-electron chi connectivity index (χ4n) is 2.91. The molecule has 3 heteroatoms. The fraction of sp³-hybridized carbons (Fsp3) is 0.562. The van der Waals surface area contributed by atoms with E-state index < -0.39 is 0 Å². The zero-order chi connectivity index (χ0) is 13.7. The van der Waals surface area contributed by atoms with Crippen LogP contribution in [0.2, 0.25) is 0 Å². The van der Waals surface area contributed by atoms with Gasteiger partial charge in [-0.3, -0.25) is 4.79 Å². The minimum atomic E-state index is 0.206. The molecule has 0 radical (unpaired) electrons. The Kier molecular flexibility index (Phi) is 4.97. The normalized spacial score (nSPS) is 19.5. The minimum absolute atomic E-state index is 0.206. The van der Waals surface area contributed by atoms with Gasteiger partial charge in [0.25, 0.3) is 5.91 Å². The molecule has 1 heterocycles. The SMILES string of the molecule is CCc1ccccc1C(=O)N1CCCCC1CNC. The highest BCUT2D eigenvalue weighted by atomic mass is 16.2. The Balaban J connectivity index is 2.21. The number of hydrogen-bond donors (Lipinski definition) is 1. The Morgan fingerprint density at radius 1 is 1.37 bits per heavy atom. The molecule has 2 rings (SSSR count). The lowest BCUT2D eigenvalue weighted by Crippen LogP contribution is -2.48. The number of amides is 1. The molecule has 1 fully saturated rings. The topological polar surface area (TPSA) is 32.3 Å². The molecule has 0 aromatic heterocycles. The number of carbonyl (C=O) groups excluding carboxylic acids is 1. The number of aryl methyl sites for hydroxylation is 1. The van der Waals surface area contributed by atoms with E-state index in [0.29, 0.717) is 6.04 Å². The molecule has 0 aliphatic carbocycles. The van der Waals surface area contributed by atoms with Crippen LogP contribution in [0.15, 0.2) is 24.3 Å². The lowest BCUT2D eigenvalue weighted by Gasteiger charge is -2.36. The van der Waals surface area contributed by atoms with Crippen LogP contribution in [-0.4, -0.2) is 37.0 Å². The maximum absolute atomic E-state index is 12.8. The highest BCUT2D eigenvalue weighted by Crippen LogP contribution is 2.21. The van der Waals surface area contributed by atoms with Crippen LogP contribution < -0.4 is 5.32 Å². The van der Waals surface area contributed by atoms with Crippen molar-refractivity contribution in [2.75, 3.05) is 20.1 Å². The Hall–Kier alpha value is -1.35. The first-order valence-electron chi connectivity index (χ1n) is 7.31. The van der Waals surface area contributed by atoms with E-state index in [0.717, 1.165) is 43.5 Å². The molecule has 1 unspecified atom stereocenters. The molecule has 0 bridgehead atoms. The monoisotopic (exact) mass is 260 g/mol. The van der Waals surface area contributed by atoms with Gasteiger partial charge in [-0.2, -0.15) is 0 Å². The molecule has 1 aliphatic heterocycles. The molecule has 1 aliphatic rings. The van der Waals surface area contributed by atoms with Crippen molar-refractivity contribution in [3.05, 3.63) is 35.4 Å². The van der Waals surface area contributed by atoms with Crippen molar-refractivity contribution in [2.24, 2.45) is 0 Å². The number of nitrogens with zero attached hydrogens (tertiary/aromatic N) is 1. The van der Waals surface area contributed by atoms with E-state index in [2.05, 4.69) is 23.2 Å². The quantitative estimate of drug-likeness (QED) is 0.902. The molecule has 1 amide bonds. The molecular weight excluding hydrogens is 236 g/mol. The van der Waals surface area contributed by atoms with Gasteiger partial charge in [0, 0.05) is 24.7 Å². The lowest BCUT2D eigenvalue weighted by atomic mass is 9.98. The van der Waals surface area contributed by atoms with Gasteiger partial charge in [0.1, 0.15) is 0 Å². The first-order valence-corrected chi connectivity index (χ1v) is 7.31. The third-order valence-corrected chi connectivity index (χ3v) is 3.96. The van der Waals surface area contributed by atoms with Gasteiger partial charge in [-0.1, -0.05) is 25.1 Å². The number of likely N-dealkylation sites (N-methyl/N-ethyl adjacent to an activating group) is 1. The van der Waals surface area contributed by atoms with Gasteiger partial charge in [0.15, 0.2) is 0 Å². The summed E-state index contributed by atoms with van der Waals surface area (Å²) in [5.41, 5.74) is 2.04. The lowest BCUT2D eigenvalue weighted by molar-refractivity contribution is 0.0614. The van der Waals surface area contributed by atoms with Crippen molar-refractivity contribution >= 4 is 5.91 Å². The van der Waals surface area contributed by atoms with Crippen LogP contribution in [0.25, 0.3) is 0 Å². The van der Waals surface area contributed by atoms with Crippen molar-refractivity contribution in [2.45, 2.75) is 38.6 Å². The Morgan fingerprint density at radius 3 is 2.89 bits per heavy atom. The summed E-state index contributed by atoms with van der Waals surface area (Å²) in [4.78, 5) is 14.8. The fourth-order valence-corrected chi connectivity index (χ4v) is 2.91. The number of rotatable bonds is 4. The average Bonchev–Trinajstić information content (AvgIpc) is 2.47. The second kappa shape index (κ2) is 6.71. The van der Waals surface area contributed by atoms with E-state index in [4.69, 9.17) is 0 Å². The molecule has 1 N–H and O–H groups in total. The van der Waals surface area contributed by atoms with Gasteiger partial charge in [0.05, 0.1) is 0 Å². The van der Waals surface area contributed by atoms with Crippen LogP contribution in [0.1, 0.15) is 42.1 Å². The van der Waals surface area contributed by atoms with E-state index in [1.54, 1.807) is 0 Å².